The monoisotopic (exact) mass is 458 g/mol. The Labute approximate surface area is 185 Å². The van der Waals surface area contributed by atoms with Crippen LogP contribution in [0, 0.1) is 0 Å². The van der Waals surface area contributed by atoms with Gasteiger partial charge in [0.1, 0.15) is 6.61 Å². The van der Waals surface area contributed by atoms with Crippen LogP contribution in [0.3, 0.4) is 0 Å². The standard InChI is InChI=1S/C20H28N2O3.C2HF3O2/c23-19(21-10-4-5-11-21)15-25-18-9-8-17-20(18)24-13-12-22(17)14-16-6-2-1-3-7-16;3-2(4,5)1(6)7/h1-3,6-7,17-18,20H,4-5,8-15H2;(H,6,7)/t17-,18+,20+;/m0./s1. The minimum Gasteiger partial charge on any atom is -0.475 e. The summed E-state index contributed by atoms with van der Waals surface area (Å²) in [5.74, 6) is -2.62. The van der Waals surface area contributed by atoms with Crippen molar-refractivity contribution in [3.8, 4) is 0 Å². The van der Waals surface area contributed by atoms with E-state index in [0.717, 1.165) is 58.5 Å². The van der Waals surface area contributed by atoms with E-state index in [4.69, 9.17) is 19.4 Å². The van der Waals surface area contributed by atoms with Crippen LogP contribution in [0.25, 0.3) is 0 Å². The van der Waals surface area contributed by atoms with Gasteiger partial charge in [0.05, 0.1) is 18.8 Å². The van der Waals surface area contributed by atoms with Gasteiger partial charge in [-0.1, -0.05) is 30.3 Å². The van der Waals surface area contributed by atoms with Crippen LogP contribution in [0.1, 0.15) is 31.2 Å². The molecule has 4 rings (SSSR count). The largest absolute Gasteiger partial charge is 0.490 e. The van der Waals surface area contributed by atoms with Crippen molar-refractivity contribution in [2.24, 2.45) is 0 Å². The first kappa shape index (κ1) is 24.5. The molecule has 3 fully saturated rings. The van der Waals surface area contributed by atoms with Crippen molar-refractivity contribution in [2.75, 3.05) is 32.8 Å². The lowest BCUT2D eigenvalue weighted by molar-refractivity contribution is -0.192. The molecule has 0 unspecified atom stereocenters. The maximum atomic E-state index is 12.2. The molecule has 0 bridgehead atoms. The summed E-state index contributed by atoms with van der Waals surface area (Å²) in [5, 5.41) is 7.12. The summed E-state index contributed by atoms with van der Waals surface area (Å²) in [7, 11) is 0. The Morgan fingerprint density at radius 2 is 1.75 bits per heavy atom. The zero-order valence-electron chi connectivity index (χ0n) is 17.8. The average molecular weight is 458 g/mol. The number of halogens is 3. The van der Waals surface area contributed by atoms with Gasteiger partial charge in [0.25, 0.3) is 0 Å². The molecule has 1 aromatic rings. The van der Waals surface area contributed by atoms with E-state index >= 15 is 0 Å². The number of carboxylic acid groups (broad SMARTS) is 1. The molecule has 2 saturated heterocycles. The molecule has 3 atom stereocenters. The normalized spacial score (nSPS) is 25.7. The average Bonchev–Trinajstić information content (AvgIpc) is 3.43. The number of carbonyl (C=O) groups is 2. The summed E-state index contributed by atoms with van der Waals surface area (Å²) in [5.41, 5.74) is 1.34. The molecule has 7 nitrogen and oxygen atoms in total. The van der Waals surface area contributed by atoms with Crippen LogP contribution in [0.5, 0.6) is 0 Å². The number of ether oxygens (including phenoxy) is 2. The number of alkyl halides is 3. The van der Waals surface area contributed by atoms with E-state index in [1.807, 2.05) is 4.90 Å². The molecular formula is C22H29F3N2O5. The lowest BCUT2D eigenvalue weighted by atomic mass is 10.1. The Kier molecular flexibility index (Phi) is 8.50. The van der Waals surface area contributed by atoms with E-state index < -0.39 is 12.1 Å². The fraction of sp³-hybridized carbons (Fsp3) is 0.636. The quantitative estimate of drug-likeness (QED) is 0.731. The van der Waals surface area contributed by atoms with Gasteiger partial charge in [-0.15, -0.1) is 0 Å². The van der Waals surface area contributed by atoms with Crippen molar-refractivity contribution >= 4 is 11.9 Å². The second kappa shape index (κ2) is 11.1. The summed E-state index contributed by atoms with van der Waals surface area (Å²) in [6, 6.07) is 11.0. The molecule has 1 aromatic carbocycles. The van der Waals surface area contributed by atoms with Gasteiger partial charge in [-0.25, -0.2) is 4.79 Å². The fourth-order valence-electron chi connectivity index (χ4n) is 4.42. The molecule has 2 aliphatic heterocycles. The predicted octanol–water partition coefficient (Wildman–Crippen LogP) is 2.69. The smallest absolute Gasteiger partial charge is 0.475 e. The predicted molar refractivity (Wildman–Crippen MR) is 109 cm³/mol. The third-order valence-electron chi connectivity index (χ3n) is 6.00. The lowest BCUT2D eigenvalue weighted by Crippen LogP contribution is -2.51. The first-order valence-corrected chi connectivity index (χ1v) is 10.8. The van der Waals surface area contributed by atoms with Gasteiger partial charge in [0.15, 0.2) is 0 Å². The van der Waals surface area contributed by atoms with Crippen LogP contribution >= 0.6 is 0 Å². The van der Waals surface area contributed by atoms with Gasteiger partial charge in [-0.2, -0.15) is 13.2 Å². The van der Waals surface area contributed by atoms with Crippen molar-refractivity contribution < 1.29 is 37.3 Å². The van der Waals surface area contributed by atoms with Gasteiger partial charge >= 0.3 is 12.1 Å². The molecule has 0 radical (unpaired) electrons. The van der Waals surface area contributed by atoms with Crippen molar-refractivity contribution in [3.63, 3.8) is 0 Å². The van der Waals surface area contributed by atoms with E-state index in [2.05, 4.69) is 35.2 Å². The Bertz CT molecular complexity index is 756. The number of fused-ring (bicyclic) bond motifs is 1. The van der Waals surface area contributed by atoms with Gasteiger partial charge in [-0.05, 0) is 31.2 Å². The summed E-state index contributed by atoms with van der Waals surface area (Å²) in [4.78, 5) is 25.6. The molecular weight excluding hydrogens is 429 g/mol. The Hall–Kier alpha value is -2.17. The van der Waals surface area contributed by atoms with Crippen molar-refractivity contribution in [1.29, 1.82) is 0 Å². The highest BCUT2D eigenvalue weighted by Gasteiger charge is 2.43. The van der Waals surface area contributed by atoms with Crippen LogP contribution < -0.4 is 0 Å². The topological polar surface area (TPSA) is 79.3 Å². The number of morpholine rings is 1. The molecule has 1 saturated carbocycles. The maximum Gasteiger partial charge on any atom is 0.490 e. The van der Waals surface area contributed by atoms with Crippen LogP contribution in [-0.2, 0) is 25.6 Å². The maximum absolute atomic E-state index is 12.2. The number of aliphatic carboxylic acids is 1. The number of amides is 1. The van der Waals surface area contributed by atoms with Crippen LogP contribution in [-0.4, -0.2) is 84.1 Å². The van der Waals surface area contributed by atoms with Gasteiger partial charge in [0, 0.05) is 32.2 Å². The van der Waals surface area contributed by atoms with Crippen LogP contribution in [0.15, 0.2) is 30.3 Å². The van der Waals surface area contributed by atoms with Crippen molar-refractivity contribution in [2.45, 2.75) is 56.7 Å². The van der Waals surface area contributed by atoms with E-state index in [-0.39, 0.29) is 24.7 Å². The fourth-order valence-corrected chi connectivity index (χ4v) is 4.42. The van der Waals surface area contributed by atoms with Gasteiger partial charge in [-0.3, -0.25) is 9.69 Å². The zero-order chi connectivity index (χ0) is 23.1. The second-order valence-corrected chi connectivity index (χ2v) is 8.18. The molecule has 0 spiro atoms. The van der Waals surface area contributed by atoms with E-state index in [1.54, 1.807) is 0 Å². The minimum atomic E-state index is -5.08. The lowest BCUT2D eigenvalue weighted by Gasteiger charge is -2.39. The number of carboxylic acids is 1. The third-order valence-corrected chi connectivity index (χ3v) is 6.00. The number of likely N-dealkylation sites (tertiary alicyclic amines) is 1. The summed E-state index contributed by atoms with van der Waals surface area (Å²) in [6.07, 6.45) is -0.623. The van der Waals surface area contributed by atoms with Crippen molar-refractivity contribution in [1.82, 2.24) is 9.80 Å². The Morgan fingerprint density at radius 3 is 2.38 bits per heavy atom. The number of rotatable bonds is 5. The molecule has 0 aromatic heterocycles. The van der Waals surface area contributed by atoms with Gasteiger partial charge in [0.2, 0.25) is 5.91 Å². The number of hydrogen-bond acceptors (Lipinski definition) is 5. The molecule has 1 aliphatic carbocycles. The van der Waals surface area contributed by atoms with E-state index in [9.17, 15) is 18.0 Å². The molecule has 178 valence electrons. The molecule has 2 heterocycles. The third kappa shape index (κ3) is 6.66. The van der Waals surface area contributed by atoms with E-state index in [1.165, 1.54) is 5.56 Å². The SMILES string of the molecule is O=C(CO[C@@H]1CC[C@H]2[C@H]1OCCN2Cc1ccccc1)N1CCCC1.O=C(O)C(F)(F)F. The van der Waals surface area contributed by atoms with Crippen LogP contribution in [0.2, 0.25) is 0 Å². The summed E-state index contributed by atoms with van der Waals surface area (Å²) < 4.78 is 43.8. The highest BCUT2D eigenvalue weighted by atomic mass is 19.4. The van der Waals surface area contributed by atoms with Crippen LogP contribution in [0.4, 0.5) is 13.2 Å². The second-order valence-electron chi connectivity index (χ2n) is 8.18. The van der Waals surface area contributed by atoms with Crippen molar-refractivity contribution in [3.05, 3.63) is 35.9 Å². The van der Waals surface area contributed by atoms with E-state index in [0.29, 0.717) is 6.04 Å². The molecule has 3 aliphatic rings. The number of hydrogen-bond donors (Lipinski definition) is 1. The first-order chi connectivity index (χ1) is 15.3. The zero-order valence-corrected chi connectivity index (χ0v) is 17.8. The first-order valence-electron chi connectivity index (χ1n) is 10.8. The molecule has 1 N–H and O–H groups in total. The minimum absolute atomic E-state index is 0.0510. The number of carbonyl (C=O) groups excluding carboxylic acids is 1. The number of benzene rings is 1. The highest BCUT2D eigenvalue weighted by Crippen LogP contribution is 2.33. The molecule has 32 heavy (non-hydrogen) atoms. The summed E-state index contributed by atoms with van der Waals surface area (Å²) in [6.45, 7) is 4.66. The van der Waals surface area contributed by atoms with Gasteiger partial charge < -0.3 is 19.5 Å². The highest BCUT2D eigenvalue weighted by molar-refractivity contribution is 5.77. The number of nitrogens with zero attached hydrogens (tertiary/aromatic N) is 2. The molecule has 1 amide bonds. The Balaban J connectivity index is 0.000000360. The Morgan fingerprint density at radius 1 is 1.09 bits per heavy atom. The molecule has 10 heteroatoms. The summed E-state index contributed by atoms with van der Waals surface area (Å²) >= 11 is 0.